The first-order valence-electron chi connectivity index (χ1n) is 21.0. The highest BCUT2D eigenvalue weighted by Crippen LogP contribution is 2.47. The van der Waals surface area contributed by atoms with Crippen LogP contribution in [0.4, 0.5) is 61.5 Å². The van der Waals surface area contributed by atoms with E-state index >= 15 is 0 Å². The van der Waals surface area contributed by atoms with E-state index in [1.165, 1.54) is 40.5 Å². The van der Waals surface area contributed by atoms with E-state index in [9.17, 15) is 81.3 Å². The van der Waals surface area contributed by atoms with Crippen LogP contribution in [0.25, 0.3) is 0 Å². The third kappa shape index (κ3) is 15.0. The molecule has 0 saturated carbocycles. The van der Waals surface area contributed by atoms with Gasteiger partial charge in [0.2, 0.25) is 0 Å². The molecule has 20 heteroatoms. The van der Waals surface area contributed by atoms with Gasteiger partial charge in [-0.05, 0) is 94.8 Å². The first kappa shape index (κ1) is 60.3. The number of benzene rings is 6. The van der Waals surface area contributed by atoms with Crippen LogP contribution in [-0.4, -0.2) is 48.0 Å². The van der Waals surface area contributed by atoms with Crippen molar-refractivity contribution in [2.24, 2.45) is 0 Å². The molecule has 0 spiro atoms. The van der Waals surface area contributed by atoms with Crippen molar-refractivity contribution in [3.63, 3.8) is 0 Å². The second kappa shape index (κ2) is 23.7. The lowest BCUT2D eigenvalue weighted by molar-refractivity contribution is -0.388. The molecule has 0 aliphatic carbocycles. The quantitative estimate of drug-likeness (QED) is 0.101. The Labute approximate surface area is 412 Å². The zero-order chi connectivity index (χ0) is 54.7. The third-order valence-electron chi connectivity index (χ3n) is 9.84. The molecule has 0 amide bonds. The van der Waals surface area contributed by atoms with E-state index < -0.39 is 48.0 Å². The van der Waals surface area contributed by atoms with Crippen LogP contribution in [0.3, 0.4) is 0 Å². The van der Waals surface area contributed by atoms with E-state index in [4.69, 9.17) is 0 Å². The summed E-state index contributed by atoms with van der Waals surface area (Å²) in [6.07, 6.45) is -13.3. The van der Waals surface area contributed by atoms with Crippen LogP contribution in [0, 0.1) is 0 Å². The molecule has 0 heterocycles. The van der Waals surface area contributed by atoms with Crippen LogP contribution in [-0.2, 0) is 42.2 Å². The molecule has 0 unspecified atom stereocenters. The summed E-state index contributed by atoms with van der Waals surface area (Å²) in [6, 6.07) is 61.5. The highest BCUT2D eigenvalue weighted by molar-refractivity contribution is 7.97. The van der Waals surface area contributed by atoms with Crippen molar-refractivity contribution >= 4 is 33.7 Å². The van der Waals surface area contributed by atoms with Crippen molar-refractivity contribution in [1.82, 2.24) is 0 Å². The van der Waals surface area contributed by atoms with Gasteiger partial charge in [0.15, 0.2) is 29.4 Å². The third-order valence-corrected chi connectivity index (χ3v) is 14.3. The maximum absolute atomic E-state index is 11.7. The zero-order valence-corrected chi connectivity index (χ0v) is 40.5. The minimum absolute atomic E-state index is 0.0497. The minimum Gasteiger partial charge on any atom is -0.544 e. The molecule has 72 heavy (non-hydrogen) atoms. The van der Waals surface area contributed by atoms with Gasteiger partial charge in [-0.25, -0.2) is 0 Å². The Balaban J connectivity index is 0.000000264. The average Bonchev–Trinajstić information content (AvgIpc) is 3.30. The van der Waals surface area contributed by atoms with E-state index in [0.29, 0.717) is 0 Å². The predicted molar refractivity (Wildman–Crippen MR) is 242 cm³/mol. The molecule has 0 aromatic heterocycles. The number of carboxylic acids is 2. The standard InChI is InChI=1S/2C22H23S.2C4HF7O2/c2*1-22(2,3)18-14-16-21(17-15-18)23(19-10-6-4-7-11-19)20-12-8-5-9-13-20;2*5-2(6,1(12)13)3(7,8)4(9,10)11/h2*4-17H,1-3H3;2*(H,12,13)/q2*+1;;/p-2. The molecule has 6 aromatic carbocycles. The van der Waals surface area contributed by atoms with Crippen LogP contribution in [0.15, 0.2) is 199 Å². The maximum Gasteiger partial charge on any atom is 0.460 e. The van der Waals surface area contributed by atoms with Gasteiger partial charge in [-0.1, -0.05) is 139 Å². The van der Waals surface area contributed by atoms with Crippen molar-refractivity contribution < 1.29 is 81.3 Å². The van der Waals surface area contributed by atoms with E-state index in [2.05, 4.69) is 211 Å². The summed E-state index contributed by atoms with van der Waals surface area (Å²) in [5, 5.41) is 18.5. The second-order valence-electron chi connectivity index (χ2n) is 17.3. The lowest BCUT2D eigenvalue weighted by atomic mass is 9.87. The van der Waals surface area contributed by atoms with Gasteiger partial charge in [0.25, 0.3) is 0 Å². The molecule has 388 valence electrons. The van der Waals surface area contributed by atoms with Gasteiger partial charge in [-0.3, -0.25) is 0 Å². The SMILES string of the molecule is CC(C)(C)c1ccc([S+](c2ccccc2)c2ccccc2)cc1.CC(C)(C)c1ccc([S+](c2ccccc2)c2ccccc2)cc1.O=C([O-])C(F)(F)C(F)(F)C(F)(F)F.O=C([O-])C(F)(F)C(F)(F)C(F)(F)F. The molecule has 0 bridgehead atoms. The van der Waals surface area contributed by atoms with Crippen LogP contribution < -0.4 is 10.2 Å². The number of hydrogen-bond acceptors (Lipinski definition) is 4. The Morgan fingerprint density at radius 2 is 0.500 bits per heavy atom. The molecular formula is C52H46F14O4S2. The normalized spacial score (nSPS) is 12.6. The monoisotopic (exact) mass is 1060 g/mol. The fourth-order valence-electron chi connectivity index (χ4n) is 5.84. The van der Waals surface area contributed by atoms with Crippen LogP contribution in [0.5, 0.6) is 0 Å². The number of alkyl halides is 14. The number of carbonyl (C=O) groups excluding carboxylic acids is 2. The number of aliphatic carboxylic acids is 2. The van der Waals surface area contributed by atoms with Crippen molar-refractivity contribution in [3.8, 4) is 0 Å². The van der Waals surface area contributed by atoms with Crippen LogP contribution in [0.2, 0.25) is 0 Å². The lowest BCUT2D eigenvalue weighted by Crippen LogP contribution is -2.60. The van der Waals surface area contributed by atoms with Gasteiger partial charge in [0.1, 0.15) is 11.9 Å². The fraction of sp³-hybridized carbons (Fsp3) is 0.269. The smallest absolute Gasteiger partial charge is 0.460 e. The van der Waals surface area contributed by atoms with Crippen molar-refractivity contribution in [2.45, 2.75) is 118 Å². The first-order chi connectivity index (χ1) is 33.0. The fourth-order valence-corrected chi connectivity index (χ4v) is 10.0. The van der Waals surface area contributed by atoms with E-state index in [1.807, 2.05) is 0 Å². The summed E-state index contributed by atoms with van der Waals surface area (Å²) in [6.45, 7) is 13.6. The van der Waals surface area contributed by atoms with E-state index in [0.717, 1.165) is 0 Å². The van der Waals surface area contributed by atoms with Gasteiger partial charge in [-0.15, -0.1) is 0 Å². The Morgan fingerprint density at radius 1 is 0.319 bits per heavy atom. The predicted octanol–water partition coefficient (Wildman–Crippen LogP) is 13.3. The maximum atomic E-state index is 11.7. The molecule has 4 nitrogen and oxygen atoms in total. The second-order valence-corrected chi connectivity index (χ2v) is 21.3. The van der Waals surface area contributed by atoms with Crippen molar-refractivity contribution in [1.29, 1.82) is 0 Å². The highest BCUT2D eigenvalue weighted by atomic mass is 32.2. The Kier molecular flexibility index (Phi) is 19.8. The summed E-state index contributed by atoms with van der Waals surface area (Å²) in [7, 11) is -0.0994. The highest BCUT2D eigenvalue weighted by Gasteiger charge is 2.74. The van der Waals surface area contributed by atoms with Crippen molar-refractivity contribution in [2.75, 3.05) is 0 Å². The molecule has 0 saturated heterocycles. The molecule has 0 radical (unpaired) electrons. The lowest BCUT2D eigenvalue weighted by Gasteiger charge is -2.28. The molecule has 0 aliphatic heterocycles. The summed E-state index contributed by atoms with van der Waals surface area (Å²) in [4.78, 5) is 26.7. The van der Waals surface area contributed by atoms with Gasteiger partial charge >= 0.3 is 36.0 Å². The number of carboxylic acid groups (broad SMARTS) is 2. The Bertz CT molecular complexity index is 2360. The van der Waals surface area contributed by atoms with Gasteiger partial charge in [0.05, 0.1) is 21.8 Å². The number of carbonyl (C=O) groups is 2. The molecule has 0 fully saturated rings. The molecule has 0 atom stereocenters. The van der Waals surface area contributed by atoms with Crippen LogP contribution >= 0.6 is 0 Å². The van der Waals surface area contributed by atoms with E-state index in [1.54, 1.807) is 0 Å². The molecule has 6 rings (SSSR count). The number of halogens is 14. The number of hydrogen-bond donors (Lipinski definition) is 0. The topological polar surface area (TPSA) is 80.3 Å². The minimum atomic E-state index is -6.64. The molecule has 6 aromatic rings. The summed E-state index contributed by atoms with van der Waals surface area (Å²) >= 11 is 0. The molecular weight excluding hydrogens is 1020 g/mol. The van der Waals surface area contributed by atoms with Gasteiger partial charge < -0.3 is 19.8 Å². The van der Waals surface area contributed by atoms with Crippen molar-refractivity contribution in [3.05, 3.63) is 181 Å². The number of rotatable bonds is 10. The van der Waals surface area contributed by atoms with Crippen LogP contribution in [0.1, 0.15) is 52.7 Å². The molecule has 0 N–H and O–H groups in total. The first-order valence-corrected chi connectivity index (χ1v) is 23.4. The van der Waals surface area contributed by atoms with Gasteiger partial charge in [0, 0.05) is 0 Å². The largest absolute Gasteiger partial charge is 0.544 e. The Hall–Kier alpha value is -6.02. The Morgan fingerprint density at radius 3 is 0.639 bits per heavy atom. The van der Waals surface area contributed by atoms with Gasteiger partial charge in [-0.2, -0.15) is 61.5 Å². The summed E-state index contributed by atoms with van der Waals surface area (Å²) < 4.78 is 160. The summed E-state index contributed by atoms with van der Waals surface area (Å²) in [5.41, 5.74) is 3.14. The molecule has 0 aliphatic rings. The zero-order valence-electron chi connectivity index (χ0n) is 38.9. The van der Waals surface area contributed by atoms with E-state index in [-0.39, 0.29) is 32.6 Å². The average molecular weight is 1070 g/mol. The summed E-state index contributed by atoms with van der Waals surface area (Å²) in [5.74, 6) is -33.4.